The Labute approximate surface area is 108 Å². The molecular weight excluding hydrogens is 254 g/mol. The zero-order chi connectivity index (χ0) is 13.0. The number of allylic oxidation sites excluding steroid dienone is 1. The van der Waals surface area contributed by atoms with Gasteiger partial charge in [0.05, 0.1) is 5.75 Å². The van der Waals surface area contributed by atoms with Gasteiger partial charge >= 0.3 is 6.03 Å². The summed E-state index contributed by atoms with van der Waals surface area (Å²) in [5.74, 6) is -0.0494. The second kappa shape index (κ2) is 5.67. The molecule has 1 saturated heterocycles. The molecule has 1 N–H and O–H groups in total. The Kier molecular flexibility index (Phi) is 3.98. The van der Waals surface area contributed by atoms with Gasteiger partial charge in [0.2, 0.25) is 5.91 Å². The van der Waals surface area contributed by atoms with E-state index in [1.165, 1.54) is 16.7 Å². The Morgan fingerprint density at radius 1 is 1.67 bits per heavy atom. The number of hydrogen-bond acceptors (Lipinski definition) is 5. The van der Waals surface area contributed by atoms with Gasteiger partial charge in [-0.15, -0.1) is 16.8 Å². The number of rotatable bonds is 5. The lowest BCUT2D eigenvalue weighted by Gasteiger charge is -2.11. The first-order valence-corrected chi connectivity index (χ1v) is 6.40. The van der Waals surface area contributed by atoms with E-state index >= 15 is 0 Å². The molecule has 0 saturated carbocycles. The number of carbonyl (C=O) groups is 2. The monoisotopic (exact) mass is 267 g/mol. The molecule has 0 atom stereocenters. The summed E-state index contributed by atoms with van der Waals surface area (Å²) in [6.45, 7) is 5.17. The van der Waals surface area contributed by atoms with Gasteiger partial charge < -0.3 is 9.88 Å². The minimum absolute atomic E-state index is 0.170. The number of carbonyl (C=O) groups excluding carboxylic acids is 2. The smallest absolute Gasteiger partial charge is 0.324 e. The molecule has 0 aromatic carbocycles. The lowest BCUT2D eigenvalue weighted by Crippen LogP contribution is -2.35. The van der Waals surface area contributed by atoms with Crippen molar-refractivity contribution in [1.82, 2.24) is 25.0 Å². The maximum absolute atomic E-state index is 11.8. The van der Waals surface area contributed by atoms with Gasteiger partial charge in [-0.2, -0.15) is 0 Å². The predicted octanol–water partition coefficient (Wildman–Crippen LogP) is 0.108. The minimum atomic E-state index is -0.326. The third-order valence-electron chi connectivity index (χ3n) is 2.39. The molecule has 2 heterocycles. The number of amides is 3. The summed E-state index contributed by atoms with van der Waals surface area (Å²) < 4.78 is 1.79. The van der Waals surface area contributed by atoms with Crippen molar-refractivity contribution in [3.8, 4) is 0 Å². The fraction of sp³-hybridized carbons (Fsp3) is 0.400. The van der Waals surface area contributed by atoms with Gasteiger partial charge in [0.1, 0.15) is 6.33 Å². The molecule has 1 aromatic heterocycles. The van der Waals surface area contributed by atoms with E-state index < -0.39 is 0 Å². The van der Waals surface area contributed by atoms with Crippen molar-refractivity contribution in [3.05, 3.63) is 19.0 Å². The number of urea groups is 1. The molecule has 0 bridgehead atoms. The first-order valence-electron chi connectivity index (χ1n) is 5.42. The first kappa shape index (κ1) is 12.6. The van der Waals surface area contributed by atoms with Crippen LogP contribution in [0.1, 0.15) is 0 Å². The lowest BCUT2D eigenvalue weighted by molar-refractivity contribution is -0.124. The molecule has 0 spiro atoms. The molecule has 0 aliphatic carbocycles. The van der Waals surface area contributed by atoms with Crippen LogP contribution in [0.25, 0.3) is 0 Å². The Morgan fingerprint density at radius 2 is 2.50 bits per heavy atom. The van der Waals surface area contributed by atoms with E-state index in [2.05, 4.69) is 22.1 Å². The SMILES string of the molecule is C=CCn1cnnc1SCC(=O)N1CCNC1=O. The number of imide groups is 1. The topological polar surface area (TPSA) is 80.1 Å². The van der Waals surface area contributed by atoms with Gasteiger partial charge in [-0.1, -0.05) is 17.8 Å². The number of aromatic nitrogens is 3. The maximum atomic E-state index is 11.8. The zero-order valence-electron chi connectivity index (χ0n) is 9.70. The molecule has 1 aliphatic rings. The van der Waals surface area contributed by atoms with E-state index in [0.29, 0.717) is 24.8 Å². The molecule has 0 radical (unpaired) electrons. The van der Waals surface area contributed by atoms with E-state index in [9.17, 15) is 9.59 Å². The van der Waals surface area contributed by atoms with Crippen molar-refractivity contribution in [2.24, 2.45) is 0 Å². The molecule has 7 nitrogen and oxygen atoms in total. The third kappa shape index (κ3) is 2.70. The highest BCUT2D eigenvalue weighted by Crippen LogP contribution is 2.15. The zero-order valence-corrected chi connectivity index (χ0v) is 10.5. The van der Waals surface area contributed by atoms with Crippen molar-refractivity contribution in [2.75, 3.05) is 18.8 Å². The summed E-state index contributed by atoms with van der Waals surface area (Å²) in [4.78, 5) is 24.3. The van der Waals surface area contributed by atoms with Crippen LogP contribution in [-0.4, -0.2) is 50.4 Å². The van der Waals surface area contributed by atoms with Crippen molar-refractivity contribution in [3.63, 3.8) is 0 Å². The van der Waals surface area contributed by atoms with Crippen LogP contribution in [0.3, 0.4) is 0 Å². The molecule has 1 fully saturated rings. The standard InChI is InChI=1S/C10H13N5O2S/c1-2-4-14-7-12-13-10(14)18-6-8(16)15-5-3-11-9(15)17/h2,7H,1,3-6H2,(H,11,17). The van der Waals surface area contributed by atoms with E-state index in [1.54, 1.807) is 17.0 Å². The number of nitrogens with zero attached hydrogens (tertiary/aromatic N) is 4. The highest BCUT2D eigenvalue weighted by atomic mass is 32.2. The average molecular weight is 267 g/mol. The van der Waals surface area contributed by atoms with Gasteiger partial charge in [0, 0.05) is 19.6 Å². The van der Waals surface area contributed by atoms with E-state index in [-0.39, 0.29) is 17.7 Å². The Hall–Kier alpha value is -1.83. The Bertz CT molecular complexity index is 473. The molecule has 2 rings (SSSR count). The van der Waals surface area contributed by atoms with Crippen LogP contribution in [0.5, 0.6) is 0 Å². The highest BCUT2D eigenvalue weighted by Gasteiger charge is 2.26. The first-order chi connectivity index (χ1) is 8.72. The summed E-state index contributed by atoms with van der Waals surface area (Å²) in [6, 6.07) is -0.326. The summed E-state index contributed by atoms with van der Waals surface area (Å²) >= 11 is 1.26. The summed E-state index contributed by atoms with van der Waals surface area (Å²) in [5, 5.41) is 10.9. The number of nitrogens with one attached hydrogen (secondary N) is 1. The normalized spacial score (nSPS) is 14.7. The van der Waals surface area contributed by atoms with E-state index in [4.69, 9.17) is 0 Å². The highest BCUT2D eigenvalue weighted by molar-refractivity contribution is 7.99. The maximum Gasteiger partial charge on any atom is 0.324 e. The van der Waals surface area contributed by atoms with Crippen LogP contribution in [0.4, 0.5) is 4.79 Å². The molecule has 18 heavy (non-hydrogen) atoms. The molecule has 8 heteroatoms. The van der Waals surface area contributed by atoms with Crippen LogP contribution in [0, 0.1) is 0 Å². The summed E-state index contributed by atoms with van der Waals surface area (Å²) in [5.41, 5.74) is 0. The fourth-order valence-corrected chi connectivity index (χ4v) is 2.34. The lowest BCUT2D eigenvalue weighted by atomic mass is 10.5. The largest absolute Gasteiger partial charge is 0.336 e. The molecular formula is C10H13N5O2S. The van der Waals surface area contributed by atoms with Gasteiger partial charge in [0.25, 0.3) is 0 Å². The molecule has 0 unspecified atom stereocenters. The second-order valence-electron chi connectivity index (χ2n) is 3.62. The predicted molar refractivity (Wildman–Crippen MR) is 66.1 cm³/mol. The molecule has 3 amide bonds. The molecule has 1 aromatic rings. The van der Waals surface area contributed by atoms with Gasteiger partial charge in [-0.3, -0.25) is 9.69 Å². The van der Waals surface area contributed by atoms with Crippen LogP contribution in [0.2, 0.25) is 0 Å². The van der Waals surface area contributed by atoms with Crippen molar-refractivity contribution < 1.29 is 9.59 Å². The second-order valence-corrected chi connectivity index (χ2v) is 4.56. The van der Waals surface area contributed by atoms with Gasteiger partial charge in [-0.05, 0) is 0 Å². The molecule has 96 valence electrons. The van der Waals surface area contributed by atoms with Crippen molar-refractivity contribution >= 4 is 23.7 Å². The van der Waals surface area contributed by atoms with Crippen molar-refractivity contribution in [2.45, 2.75) is 11.7 Å². The van der Waals surface area contributed by atoms with Gasteiger partial charge in [-0.25, -0.2) is 4.79 Å². The van der Waals surface area contributed by atoms with E-state index in [0.717, 1.165) is 0 Å². The van der Waals surface area contributed by atoms with Crippen LogP contribution < -0.4 is 5.32 Å². The summed E-state index contributed by atoms with van der Waals surface area (Å²) in [7, 11) is 0. The third-order valence-corrected chi connectivity index (χ3v) is 3.35. The molecule has 1 aliphatic heterocycles. The minimum Gasteiger partial charge on any atom is -0.336 e. The van der Waals surface area contributed by atoms with Crippen LogP contribution in [0.15, 0.2) is 24.1 Å². The fourth-order valence-electron chi connectivity index (χ4n) is 1.53. The average Bonchev–Trinajstić information content (AvgIpc) is 2.96. The Balaban J connectivity index is 1.90. The summed E-state index contributed by atoms with van der Waals surface area (Å²) in [6.07, 6.45) is 3.31. The Morgan fingerprint density at radius 3 is 3.17 bits per heavy atom. The van der Waals surface area contributed by atoms with Crippen molar-refractivity contribution in [1.29, 1.82) is 0 Å². The number of hydrogen-bond donors (Lipinski definition) is 1. The quantitative estimate of drug-likeness (QED) is 0.605. The van der Waals surface area contributed by atoms with Crippen LogP contribution in [-0.2, 0) is 11.3 Å². The van der Waals surface area contributed by atoms with Gasteiger partial charge in [0.15, 0.2) is 5.16 Å². The van der Waals surface area contributed by atoms with Crippen LogP contribution >= 0.6 is 11.8 Å². The van der Waals surface area contributed by atoms with E-state index in [1.807, 2.05) is 0 Å². The number of thioether (sulfide) groups is 1.